The molecule has 0 aliphatic heterocycles. The van der Waals surface area contributed by atoms with Crippen LogP contribution < -0.4 is 0 Å². The molecule has 0 atom stereocenters. The quantitative estimate of drug-likeness (QED) is 0.138. The Hall–Kier alpha value is -1.11. The van der Waals surface area contributed by atoms with Crippen LogP contribution in [0, 0.1) is 17.5 Å². The third-order valence-electron chi connectivity index (χ3n) is 5.43. The van der Waals surface area contributed by atoms with Gasteiger partial charge in [0.25, 0.3) is 5.97 Å². The van der Waals surface area contributed by atoms with Gasteiger partial charge in [0, 0.05) is 20.6 Å². The molecular weight excluding hydrogens is 393 g/mol. The first kappa shape index (κ1) is 26.9. The fraction of sp³-hybridized carbons (Fsp3) is 0.750. The van der Waals surface area contributed by atoms with Crippen molar-refractivity contribution in [3.63, 3.8) is 0 Å². The standard InChI is InChI=1S/C24H39F3O3/c1-4-5-6-7-8-10-13-16-24(28-2,29-3)30-17-14-11-9-12-15-20-18-21(25)23(27)22(26)19-20/h18-19H,4-17H2,1-3H3. The van der Waals surface area contributed by atoms with Crippen LogP contribution in [-0.2, 0) is 20.6 Å². The van der Waals surface area contributed by atoms with Gasteiger partial charge >= 0.3 is 0 Å². The van der Waals surface area contributed by atoms with E-state index in [2.05, 4.69) is 6.92 Å². The average Bonchev–Trinajstić information content (AvgIpc) is 2.74. The molecule has 0 amide bonds. The molecule has 1 rings (SSSR count). The van der Waals surface area contributed by atoms with Crippen LogP contribution in [-0.4, -0.2) is 26.8 Å². The van der Waals surface area contributed by atoms with Crippen molar-refractivity contribution in [3.8, 4) is 0 Å². The molecule has 3 nitrogen and oxygen atoms in total. The summed E-state index contributed by atoms with van der Waals surface area (Å²) in [7, 11) is 3.21. The Kier molecular flexibility index (Phi) is 14.1. The summed E-state index contributed by atoms with van der Waals surface area (Å²) in [6.07, 6.45) is 13.2. The summed E-state index contributed by atoms with van der Waals surface area (Å²) >= 11 is 0. The van der Waals surface area contributed by atoms with Crippen molar-refractivity contribution in [2.45, 2.75) is 96.4 Å². The van der Waals surface area contributed by atoms with Gasteiger partial charge in [0.15, 0.2) is 17.5 Å². The van der Waals surface area contributed by atoms with E-state index in [0.717, 1.165) is 50.7 Å². The van der Waals surface area contributed by atoms with Gasteiger partial charge in [-0.3, -0.25) is 0 Å². The second kappa shape index (κ2) is 15.7. The van der Waals surface area contributed by atoms with Gasteiger partial charge in [0.2, 0.25) is 0 Å². The molecule has 6 heteroatoms. The molecule has 0 spiro atoms. The first-order chi connectivity index (χ1) is 14.5. The molecule has 0 aromatic heterocycles. The van der Waals surface area contributed by atoms with E-state index in [4.69, 9.17) is 14.2 Å². The number of hydrogen-bond acceptors (Lipinski definition) is 3. The lowest BCUT2D eigenvalue weighted by Gasteiger charge is -2.30. The van der Waals surface area contributed by atoms with E-state index in [1.165, 1.54) is 32.1 Å². The lowest BCUT2D eigenvalue weighted by molar-refractivity contribution is -0.365. The first-order valence-corrected chi connectivity index (χ1v) is 11.4. The van der Waals surface area contributed by atoms with Crippen molar-refractivity contribution < 1.29 is 27.4 Å². The Balaban J connectivity index is 2.18. The SMILES string of the molecule is CCCCCCCCCC(OC)(OC)OCCCCCCc1cc(F)c(F)c(F)c1. The highest BCUT2D eigenvalue weighted by Crippen LogP contribution is 2.23. The lowest BCUT2D eigenvalue weighted by atomic mass is 10.1. The lowest BCUT2D eigenvalue weighted by Crippen LogP contribution is -2.37. The van der Waals surface area contributed by atoms with Crippen LogP contribution in [0.2, 0.25) is 0 Å². The van der Waals surface area contributed by atoms with E-state index < -0.39 is 23.4 Å². The van der Waals surface area contributed by atoms with E-state index in [1.807, 2.05) is 0 Å². The summed E-state index contributed by atoms with van der Waals surface area (Å²) < 4.78 is 56.3. The number of unbranched alkanes of at least 4 members (excludes halogenated alkanes) is 9. The second-order valence-corrected chi connectivity index (χ2v) is 7.85. The van der Waals surface area contributed by atoms with Crippen LogP contribution in [0.25, 0.3) is 0 Å². The number of aryl methyl sites for hydroxylation is 1. The van der Waals surface area contributed by atoms with Crippen LogP contribution in [0.15, 0.2) is 12.1 Å². The fourth-order valence-corrected chi connectivity index (χ4v) is 3.54. The van der Waals surface area contributed by atoms with Gasteiger partial charge in [-0.05, 0) is 43.4 Å². The van der Waals surface area contributed by atoms with Gasteiger partial charge in [-0.25, -0.2) is 13.2 Å². The maximum absolute atomic E-state index is 13.2. The van der Waals surface area contributed by atoms with E-state index in [9.17, 15) is 13.2 Å². The number of halogens is 3. The van der Waals surface area contributed by atoms with Crippen LogP contribution in [0.1, 0.15) is 89.5 Å². The minimum atomic E-state index is -1.41. The molecule has 0 heterocycles. The minimum absolute atomic E-state index is 0.482. The highest BCUT2D eigenvalue weighted by atomic mass is 19.2. The predicted octanol–water partition coefficient (Wildman–Crippen LogP) is 7.31. The Bertz CT molecular complexity index is 554. The Labute approximate surface area is 180 Å². The number of benzene rings is 1. The molecule has 0 radical (unpaired) electrons. The topological polar surface area (TPSA) is 27.7 Å². The maximum atomic E-state index is 13.2. The van der Waals surface area contributed by atoms with Crippen molar-refractivity contribution in [3.05, 3.63) is 35.1 Å². The highest BCUT2D eigenvalue weighted by Gasteiger charge is 2.30. The van der Waals surface area contributed by atoms with Gasteiger partial charge in [-0.15, -0.1) is 0 Å². The molecule has 0 aliphatic rings. The van der Waals surface area contributed by atoms with Crippen molar-refractivity contribution in [2.75, 3.05) is 20.8 Å². The average molecular weight is 433 g/mol. The smallest absolute Gasteiger partial charge is 0.282 e. The summed E-state index contributed by atoms with van der Waals surface area (Å²) in [6, 6.07) is 2.13. The van der Waals surface area contributed by atoms with Gasteiger partial charge in [-0.1, -0.05) is 58.3 Å². The van der Waals surface area contributed by atoms with Crippen molar-refractivity contribution in [1.29, 1.82) is 0 Å². The first-order valence-electron chi connectivity index (χ1n) is 11.4. The molecule has 0 saturated heterocycles. The van der Waals surface area contributed by atoms with Crippen molar-refractivity contribution >= 4 is 0 Å². The summed E-state index contributed by atoms with van der Waals surface area (Å²) in [4.78, 5) is 0. The Morgan fingerprint density at radius 3 is 1.87 bits per heavy atom. The molecule has 1 aromatic rings. The molecule has 174 valence electrons. The summed E-state index contributed by atoms with van der Waals surface area (Å²) in [5.41, 5.74) is 0.482. The minimum Gasteiger partial charge on any atom is -0.331 e. The Morgan fingerprint density at radius 1 is 0.733 bits per heavy atom. The zero-order valence-electron chi connectivity index (χ0n) is 18.9. The molecule has 0 fully saturated rings. The largest absolute Gasteiger partial charge is 0.331 e. The van der Waals surface area contributed by atoms with Gasteiger partial charge in [0.05, 0.1) is 6.61 Å². The maximum Gasteiger partial charge on any atom is 0.282 e. The zero-order valence-corrected chi connectivity index (χ0v) is 18.9. The molecular formula is C24H39F3O3. The van der Waals surface area contributed by atoms with Gasteiger partial charge < -0.3 is 14.2 Å². The number of ether oxygens (including phenoxy) is 3. The Morgan fingerprint density at radius 2 is 1.27 bits per heavy atom. The number of hydrogen-bond donors (Lipinski definition) is 0. The second-order valence-electron chi connectivity index (χ2n) is 7.85. The summed E-state index contributed by atoms with van der Waals surface area (Å²) in [6.45, 7) is 2.74. The molecule has 0 bridgehead atoms. The normalized spacial score (nSPS) is 11.9. The predicted molar refractivity (Wildman–Crippen MR) is 114 cm³/mol. The summed E-state index contributed by atoms with van der Waals surface area (Å²) in [5, 5.41) is 0. The molecule has 0 unspecified atom stereocenters. The van der Waals surface area contributed by atoms with Gasteiger partial charge in [-0.2, -0.15) is 0 Å². The number of rotatable bonds is 18. The third-order valence-corrected chi connectivity index (χ3v) is 5.43. The summed E-state index contributed by atoms with van der Waals surface area (Å²) in [5.74, 6) is -4.65. The molecule has 1 aromatic carbocycles. The van der Waals surface area contributed by atoms with Gasteiger partial charge in [0.1, 0.15) is 0 Å². The molecule has 0 aliphatic carbocycles. The van der Waals surface area contributed by atoms with Crippen LogP contribution >= 0.6 is 0 Å². The van der Waals surface area contributed by atoms with Crippen LogP contribution in [0.3, 0.4) is 0 Å². The monoisotopic (exact) mass is 432 g/mol. The van der Waals surface area contributed by atoms with Crippen LogP contribution in [0.5, 0.6) is 0 Å². The molecule has 0 saturated carbocycles. The highest BCUT2D eigenvalue weighted by molar-refractivity contribution is 5.19. The van der Waals surface area contributed by atoms with E-state index in [0.29, 0.717) is 25.0 Å². The third kappa shape index (κ3) is 10.3. The number of methoxy groups -OCH3 is 2. The van der Waals surface area contributed by atoms with E-state index >= 15 is 0 Å². The van der Waals surface area contributed by atoms with E-state index in [1.54, 1.807) is 14.2 Å². The molecule has 0 N–H and O–H groups in total. The van der Waals surface area contributed by atoms with Crippen molar-refractivity contribution in [1.82, 2.24) is 0 Å². The fourth-order valence-electron chi connectivity index (χ4n) is 3.54. The van der Waals surface area contributed by atoms with Crippen molar-refractivity contribution in [2.24, 2.45) is 0 Å². The van der Waals surface area contributed by atoms with E-state index in [-0.39, 0.29) is 0 Å². The van der Waals surface area contributed by atoms with Crippen LogP contribution in [0.4, 0.5) is 13.2 Å². The molecule has 30 heavy (non-hydrogen) atoms. The zero-order chi connectivity index (χ0) is 22.2.